The van der Waals surface area contributed by atoms with Crippen LogP contribution in [0.2, 0.25) is 0 Å². The van der Waals surface area contributed by atoms with Crippen molar-refractivity contribution in [3.8, 4) is 0 Å². The fourth-order valence-corrected chi connectivity index (χ4v) is 2.74. The molecule has 3 N–H and O–H groups in total. The Kier molecular flexibility index (Phi) is 6.84. The third-order valence-electron chi connectivity index (χ3n) is 4.15. The molecule has 2 aromatic carbocycles. The lowest BCUT2D eigenvalue weighted by molar-refractivity contribution is 0.0996. The Balaban J connectivity index is 1.39. The van der Waals surface area contributed by atoms with Crippen LogP contribution in [-0.4, -0.2) is 18.5 Å². The summed E-state index contributed by atoms with van der Waals surface area (Å²) in [5.74, 6) is -0.0651. The number of furan rings is 1. The second kappa shape index (κ2) is 9.97. The van der Waals surface area contributed by atoms with Gasteiger partial charge in [0.1, 0.15) is 0 Å². The van der Waals surface area contributed by atoms with Gasteiger partial charge >= 0.3 is 6.03 Å². The Bertz CT molecular complexity index is 892. The number of rotatable bonds is 8. The van der Waals surface area contributed by atoms with E-state index in [0.29, 0.717) is 18.8 Å². The molecule has 0 bridgehead atoms. The van der Waals surface area contributed by atoms with E-state index >= 15 is 0 Å². The first-order chi connectivity index (χ1) is 13.7. The first-order valence-corrected chi connectivity index (χ1v) is 9.20. The van der Waals surface area contributed by atoms with Crippen LogP contribution in [0.4, 0.5) is 10.5 Å². The predicted molar refractivity (Wildman–Crippen MR) is 108 cm³/mol. The minimum absolute atomic E-state index is 0.210. The van der Waals surface area contributed by atoms with E-state index in [0.717, 1.165) is 18.4 Å². The normalized spacial score (nSPS) is 10.3. The van der Waals surface area contributed by atoms with Crippen LogP contribution in [0.25, 0.3) is 0 Å². The number of hydrogen-bond acceptors (Lipinski definition) is 3. The second-order valence-electron chi connectivity index (χ2n) is 6.33. The number of amides is 3. The molecule has 6 heteroatoms. The molecule has 6 nitrogen and oxygen atoms in total. The molecule has 1 aromatic heterocycles. The van der Waals surface area contributed by atoms with Gasteiger partial charge in [-0.25, -0.2) is 4.79 Å². The Morgan fingerprint density at radius 1 is 0.857 bits per heavy atom. The van der Waals surface area contributed by atoms with Crippen molar-refractivity contribution >= 4 is 17.6 Å². The number of urea groups is 1. The topological polar surface area (TPSA) is 83.4 Å². The molecule has 0 aliphatic carbocycles. The number of nitrogens with one attached hydrogen (secondary N) is 3. The van der Waals surface area contributed by atoms with Gasteiger partial charge < -0.3 is 20.4 Å². The Morgan fingerprint density at radius 2 is 1.68 bits per heavy atom. The maximum atomic E-state index is 12.0. The summed E-state index contributed by atoms with van der Waals surface area (Å²) in [5, 5.41) is 8.45. The molecular weight excluding hydrogens is 354 g/mol. The second-order valence-corrected chi connectivity index (χ2v) is 6.33. The van der Waals surface area contributed by atoms with Crippen molar-refractivity contribution < 1.29 is 14.0 Å². The van der Waals surface area contributed by atoms with Crippen molar-refractivity contribution in [3.63, 3.8) is 0 Å². The van der Waals surface area contributed by atoms with E-state index in [9.17, 15) is 9.59 Å². The fraction of sp³-hybridized carbons (Fsp3) is 0.182. The van der Waals surface area contributed by atoms with Crippen LogP contribution >= 0.6 is 0 Å². The van der Waals surface area contributed by atoms with Gasteiger partial charge in [-0.2, -0.15) is 0 Å². The maximum absolute atomic E-state index is 12.0. The lowest BCUT2D eigenvalue weighted by atomic mass is 10.1. The van der Waals surface area contributed by atoms with Gasteiger partial charge in [-0.05, 0) is 48.2 Å². The Labute approximate surface area is 164 Å². The summed E-state index contributed by atoms with van der Waals surface area (Å²) in [4.78, 5) is 24.0. The van der Waals surface area contributed by atoms with Crippen LogP contribution in [0.5, 0.6) is 0 Å². The molecule has 0 aliphatic heterocycles. The third kappa shape index (κ3) is 6.02. The first-order valence-electron chi connectivity index (χ1n) is 9.20. The minimum Gasteiger partial charge on any atom is -0.459 e. The van der Waals surface area contributed by atoms with Gasteiger partial charge in [0, 0.05) is 18.8 Å². The van der Waals surface area contributed by atoms with Gasteiger partial charge in [-0.15, -0.1) is 0 Å². The summed E-state index contributed by atoms with van der Waals surface area (Å²) in [6.45, 7) is 0.981. The van der Waals surface area contributed by atoms with Crippen molar-refractivity contribution in [2.24, 2.45) is 0 Å². The summed E-state index contributed by atoms with van der Waals surface area (Å²) >= 11 is 0. The fourth-order valence-electron chi connectivity index (χ4n) is 2.74. The molecule has 0 spiro atoms. The van der Waals surface area contributed by atoms with Crippen molar-refractivity contribution in [1.82, 2.24) is 10.6 Å². The molecular formula is C22H23N3O3. The van der Waals surface area contributed by atoms with Gasteiger partial charge in [0.25, 0.3) is 5.91 Å². The zero-order valence-corrected chi connectivity index (χ0v) is 15.5. The number of carbonyl (C=O) groups is 2. The zero-order valence-electron chi connectivity index (χ0n) is 15.5. The maximum Gasteiger partial charge on any atom is 0.315 e. The van der Waals surface area contributed by atoms with Gasteiger partial charge in [0.2, 0.25) is 0 Å². The van der Waals surface area contributed by atoms with E-state index in [1.807, 2.05) is 36.4 Å². The summed E-state index contributed by atoms with van der Waals surface area (Å²) in [7, 11) is 0. The van der Waals surface area contributed by atoms with Gasteiger partial charge in [-0.3, -0.25) is 4.79 Å². The molecule has 3 aromatic rings. The monoisotopic (exact) mass is 377 g/mol. The number of hydrogen-bond donors (Lipinski definition) is 3. The SMILES string of the molecule is O=C(NCCCc1ccccc1)NCc1cccc(NC(=O)c2ccco2)c1. The summed E-state index contributed by atoms with van der Waals surface area (Å²) in [6, 6.07) is 20.5. The highest BCUT2D eigenvalue weighted by Gasteiger charge is 2.09. The largest absolute Gasteiger partial charge is 0.459 e. The standard InChI is InChI=1S/C22H23N3O3/c26-21(20-12-6-14-28-20)25-19-11-4-9-18(15-19)16-24-22(27)23-13-5-10-17-7-2-1-3-8-17/h1-4,6-9,11-12,14-15H,5,10,13,16H2,(H,25,26)(H2,23,24,27). The highest BCUT2D eigenvalue weighted by atomic mass is 16.3. The van der Waals surface area contributed by atoms with E-state index in [2.05, 4.69) is 28.1 Å². The number of benzene rings is 2. The highest BCUT2D eigenvalue weighted by molar-refractivity contribution is 6.02. The number of carbonyl (C=O) groups excluding carboxylic acids is 2. The van der Waals surface area contributed by atoms with Gasteiger partial charge in [-0.1, -0.05) is 42.5 Å². The molecule has 3 rings (SSSR count). The molecule has 144 valence electrons. The Hall–Kier alpha value is -3.54. The van der Waals surface area contributed by atoms with Crippen molar-refractivity contribution in [3.05, 3.63) is 89.9 Å². The minimum atomic E-state index is -0.314. The van der Waals surface area contributed by atoms with E-state index in [-0.39, 0.29) is 17.7 Å². The lowest BCUT2D eigenvalue weighted by Gasteiger charge is -2.09. The molecule has 0 radical (unpaired) electrons. The average Bonchev–Trinajstić information content (AvgIpc) is 3.26. The smallest absolute Gasteiger partial charge is 0.315 e. The molecule has 1 heterocycles. The highest BCUT2D eigenvalue weighted by Crippen LogP contribution is 2.12. The molecule has 0 saturated carbocycles. The molecule has 0 aliphatic rings. The van der Waals surface area contributed by atoms with Crippen LogP contribution in [0.3, 0.4) is 0 Å². The van der Waals surface area contributed by atoms with E-state index < -0.39 is 0 Å². The van der Waals surface area contributed by atoms with Crippen LogP contribution in [0.1, 0.15) is 28.1 Å². The Morgan fingerprint density at radius 3 is 2.46 bits per heavy atom. The molecule has 0 atom stereocenters. The summed E-state index contributed by atoms with van der Waals surface area (Å²) in [6.07, 6.45) is 3.26. The van der Waals surface area contributed by atoms with Crippen molar-refractivity contribution in [1.29, 1.82) is 0 Å². The van der Waals surface area contributed by atoms with Crippen LogP contribution < -0.4 is 16.0 Å². The molecule has 0 unspecified atom stereocenters. The van der Waals surface area contributed by atoms with Crippen LogP contribution in [-0.2, 0) is 13.0 Å². The molecule has 0 saturated heterocycles. The quantitative estimate of drug-likeness (QED) is 0.520. The van der Waals surface area contributed by atoms with Gasteiger partial charge in [0.05, 0.1) is 6.26 Å². The van der Waals surface area contributed by atoms with Crippen LogP contribution in [0.15, 0.2) is 77.4 Å². The van der Waals surface area contributed by atoms with Crippen LogP contribution in [0, 0.1) is 0 Å². The summed E-state index contributed by atoms with van der Waals surface area (Å²) < 4.78 is 5.07. The van der Waals surface area contributed by atoms with Crippen molar-refractivity contribution in [2.45, 2.75) is 19.4 Å². The zero-order chi connectivity index (χ0) is 19.6. The van der Waals surface area contributed by atoms with E-state index in [1.54, 1.807) is 18.2 Å². The molecule has 0 fully saturated rings. The van der Waals surface area contributed by atoms with Crippen molar-refractivity contribution in [2.75, 3.05) is 11.9 Å². The average molecular weight is 377 g/mol. The molecule has 3 amide bonds. The summed E-state index contributed by atoms with van der Waals surface area (Å²) in [5.41, 5.74) is 2.79. The number of anilines is 1. The van der Waals surface area contributed by atoms with E-state index in [4.69, 9.17) is 4.42 Å². The van der Waals surface area contributed by atoms with E-state index in [1.165, 1.54) is 11.8 Å². The van der Waals surface area contributed by atoms with Gasteiger partial charge in [0.15, 0.2) is 5.76 Å². The molecule has 28 heavy (non-hydrogen) atoms. The predicted octanol–water partition coefficient (Wildman–Crippen LogP) is 3.96. The first kappa shape index (κ1) is 19.2. The third-order valence-corrected chi connectivity index (χ3v) is 4.15. The number of aryl methyl sites for hydroxylation is 1. The lowest BCUT2D eigenvalue weighted by Crippen LogP contribution is -2.35.